The van der Waals surface area contributed by atoms with Crippen LogP contribution in [0.1, 0.15) is 27.7 Å². The zero-order valence-corrected chi connectivity index (χ0v) is 9.82. The van der Waals surface area contributed by atoms with Crippen LogP contribution in [0.15, 0.2) is 28.9 Å². The fourth-order valence-electron chi connectivity index (χ4n) is 1.12. The highest BCUT2D eigenvalue weighted by Crippen LogP contribution is 2.12. The van der Waals surface area contributed by atoms with E-state index in [0.29, 0.717) is 12.3 Å². The summed E-state index contributed by atoms with van der Waals surface area (Å²) >= 11 is 0. The minimum Gasteiger partial charge on any atom is -0.387 e. The molecule has 1 aliphatic rings. The first-order valence-corrected chi connectivity index (χ1v) is 5.11. The normalized spacial score (nSPS) is 21.3. The Bertz CT molecular complexity index is 306. The third kappa shape index (κ3) is 3.38. The molecule has 80 valence electrons. The number of aliphatic imine (C=N–C) groups is 1. The van der Waals surface area contributed by atoms with E-state index in [4.69, 9.17) is 7.98 Å². The maximum absolute atomic E-state index is 11.4. The minimum absolute atomic E-state index is 0.216. The first-order chi connectivity index (χ1) is 7.20. The van der Waals surface area contributed by atoms with Gasteiger partial charge in [-0.3, -0.25) is 9.79 Å². The molecule has 1 heterocycles. The number of carbonyl (C=O) groups is 1. The summed E-state index contributed by atoms with van der Waals surface area (Å²) < 4.78 is 0. The average molecular weight is 204 g/mol. The number of amides is 1. The first kappa shape index (κ1) is 13.7. The van der Waals surface area contributed by atoms with E-state index in [1.165, 1.54) is 0 Å². The number of nitrogens with zero attached hydrogens (tertiary/aromatic N) is 2. The summed E-state index contributed by atoms with van der Waals surface area (Å²) in [5.41, 5.74) is 1.33. The molecule has 0 N–H and O–H groups in total. The largest absolute Gasteiger partial charge is 0.387 e. The van der Waals surface area contributed by atoms with Crippen LogP contribution in [0.25, 0.3) is 0 Å². The molecule has 0 spiro atoms. The Morgan fingerprint density at radius 1 is 1.40 bits per heavy atom. The van der Waals surface area contributed by atoms with Crippen LogP contribution in [0.3, 0.4) is 0 Å². The predicted octanol–water partition coefficient (Wildman–Crippen LogP) is 1.86. The highest BCUT2D eigenvalue weighted by atomic mass is 16.2. The second-order valence-corrected chi connectivity index (χ2v) is 2.71. The van der Waals surface area contributed by atoms with E-state index in [9.17, 15) is 4.79 Å². The van der Waals surface area contributed by atoms with Crippen LogP contribution >= 0.6 is 0 Å². The molecule has 4 heteroatoms. The van der Waals surface area contributed by atoms with Gasteiger partial charge in [0.25, 0.3) is 5.91 Å². The van der Waals surface area contributed by atoms with Crippen molar-refractivity contribution in [3.05, 3.63) is 23.9 Å². The van der Waals surface area contributed by atoms with Gasteiger partial charge >= 0.3 is 0 Å². The molecule has 0 unspecified atom stereocenters. The van der Waals surface area contributed by atoms with Crippen molar-refractivity contribution >= 4 is 19.6 Å². The lowest BCUT2D eigenvalue weighted by molar-refractivity contribution is -0.118. The van der Waals surface area contributed by atoms with Gasteiger partial charge in [0.05, 0.1) is 0 Å². The van der Waals surface area contributed by atoms with Gasteiger partial charge < -0.3 is 4.81 Å². The van der Waals surface area contributed by atoms with Gasteiger partial charge in [-0.2, -0.15) is 0 Å². The lowest BCUT2D eigenvalue weighted by Gasteiger charge is -2.03. The Balaban J connectivity index is 0.000000921. The number of allylic oxidation sites excluding steroid dienone is 2. The fraction of sp³-hybridized carbons (Fsp3) is 0.455. The Morgan fingerprint density at radius 3 is 2.47 bits per heavy atom. The van der Waals surface area contributed by atoms with Crippen LogP contribution in [-0.2, 0) is 4.79 Å². The van der Waals surface area contributed by atoms with Gasteiger partial charge in [-0.05, 0) is 19.4 Å². The summed E-state index contributed by atoms with van der Waals surface area (Å²) in [6.07, 6.45) is 5.22. The smallest absolute Gasteiger partial charge is 0.260 e. The molecule has 1 saturated heterocycles. The number of rotatable bonds is 1. The molecule has 0 saturated carbocycles. The van der Waals surface area contributed by atoms with E-state index < -0.39 is 0 Å². The molecule has 0 aromatic rings. The van der Waals surface area contributed by atoms with Gasteiger partial charge in [0.15, 0.2) is 0 Å². The van der Waals surface area contributed by atoms with Crippen molar-refractivity contribution in [1.29, 1.82) is 0 Å². The maximum atomic E-state index is 11.4. The van der Waals surface area contributed by atoms with Gasteiger partial charge in [-0.15, -0.1) is 0 Å². The van der Waals surface area contributed by atoms with Crippen molar-refractivity contribution in [1.82, 2.24) is 4.81 Å². The molecule has 0 aliphatic carbocycles. The third-order valence-corrected chi connectivity index (χ3v) is 1.81. The molecule has 1 aliphatic heterocycles. The number of carbonyl (C=O) groups excluding carboxylic acids is 1. The molecule has 1 rings (SSSR count). The zero-order chi connectivity index (χ0) is 11.8. The Morgan fingerprint density at radius 2 is 2.00 bits per heavy atom. The minimum atomic E-state index is -0.216. The van der Waals surface area contributed by atoms with Crippen molar-refractivity contribution in [3.63, 3.8) is 0 Å². The van der Waals surface area contributed by atoms with Crippen LogP contribution < -0.4 is 0 Å². The van der Waals surface area contributed by atoms with Crippen molar-refractivity contribution in [2.75, 3.05) is 6.54 Å². The lowest BCUT2D eigenvalue weighted by Crippen LogP contribution is -2.23. The maximum Gasteiger partial charge on any atom is 0.260 e. The molecule has 3 nitrogen and oxygen atoms in total. The van der Waals surface area contributed by atoms with Crippen LogP contribution in [0, 0.1) is 0 Å². The van der Waals surface area contributed by atoms with Gasteiger partial charge in [0.1, 0.15) is 5.71 Å². The topological polar surface area (TPSA) is 32.7 Å². The van der Waals surface area contributed by atoms with E-state index in [0.717, 1.165) is 10.4 Å². The SMILES string of the molecule is CC.[B]N1CC(=C/C)/C(=N/C=C\C)C1=O. The van der Waals surface area contributed by atoms with E-state index in [1.54, 1.807) is 12.3 Å². The Hall–Kier alpha value is -1.32. The highest BCUT2D eigenvalue weighted by Gasteiger charge is 2.27. The summed E-state index contributed by atoms with van der Waals surface area (Å²) in [5, 5.41) is 0. The molecule has 0 bridgehead atoms. The second kappa shape index (κ2) is 7.04. The highest BCUT2D eigenvalue weighted by molar-refractivity contribution is 6.51. The molecule has 1 fully saturated rings. The molecular weight excluding hydrogens is 187 g/mol. The van der Waals surface area contributed by atoms with Gasteiger partial charge in [0.2, 0.25) is 7.98 Å². The molecule has 15 heavy (non-hydrogen) atoms. The summed E-state index contributed by atoms with van der Waals surface area (Å²) in [6, 6.07) is 0. The quantitative estimate of drug-likeness (QED) is 0.600. The second-order valence-electron chi connectivity index (χ2n) is 2.71. The van der Waals surface area contributed by atoms with Crippen LogP contribution in [0.4, 0.5) is 0 Å². The molecule has 0 atom stereocenters. The van der Waals surface area contributed by atoms with Crippen molar-refractivity contribution in [3.8, 4) is 0 Å². The zero-order valence-electron chi connectivity index (χ0n) is 9.82. The summed E-state index contributed by atoms with van der Waals surface area (Å²) in [7, 11) is 5.44. The van der Waals surface area contributed by atoms with Crippen LogP contribution in [-0.4, -0.2) is 31.0 Å². The number of hydrogen-bond donors (Lipinski definition) is 0. The van der Waals surface area contributed by atoms with Gasteiger partial charge in [-0.25, -0.2) is 0 Å². The standard InChI is InChI=1S/C9H11BN2O.C2H6/c1-3-5-11-8-7(4-2)6-12(10)9(8)13;1-2/h3-5H,6H2,1-2H3;1-2H3/b5-3-,7-4-,11-8-;. The predicted molar refractivity (Wildman–Crippen MR) is 64.8 cm³/mol. The summed E-state index contributed by atoms with van der Waals surface area (Å²) in [4.78, 5) is 16.6. The Kier molecular flexibility index (Phi) is 6.42. The lowest BCUT2D eigenvalue weighted by atomic mass is 10.2. The van der Waals surface area contributed by atoms with E-state index in [-0.39, 0.29) is 5.91 Å². The third-order valence-electron chi connectivity index (χ3n) is 1.81. The first-order valence-electron chi connectivity index (χ1n) is 5.11. The van der Waals surface area contributed by atoms with Crippen molar-refractivity contribution < 1.29 is 4.79 Å². The number of hydrogen-bond acceptors (Lipinski definition) is 2. The van der Waals surface area contributed by atoms with E-state index >= 15 is 0 Å². The van der Waals surface area contributed by atoms with Crippen LogP contribution in [0.2, 0.25) is 0 Å². The summed E-state index contributed by atoms with van der Waals surface area (Å²) in [5.74, 6) is -0.216. The average Bonchev–Trinajstić information content (AvgIpc) is 2.55. The van der Waals surface area contributed by atoms with Gasteiger partial charge in [-0.1, -0.05) is 26.0 Å². The van der Waals surface area contributed by atoms with Crippen molar-refractivity contribution in [2.24, 2.45) is 4.99 Å². The fourth-order valence-corrected chi connectivity index (χ4v) is 1.12. The monoisotopic (exact) mass is 204 g/mol. The Labute approximate surface area is 93.0 Å². The van der Waals surface area contributed by atoms with E-state index in [2.05, 4.69) is 4.99 Å². The molecule has 1 amide bonds. The van der Waals surface area contributed by atoms with E-state index in [1.807, 2.05) is 33.8 Å². The summed E-state index contributed by atoms with van der Waals surface area (Å²) in [6.45, 7) is 8.16. The van der Waals surface area contributed by atoms with Crippen molar-refractivity contribution in [2.45, 2.75) is 27.7 Å². The molecule has 2 radical (unpaired) electrons. The van der Waals surface area contributed by atoms with Gasteiger partial charge in [0, 0.05) is 12.7 Å². The molecule has 0 aromatic heterocycles. The molecule has 0 aromatic carbocycles. The molecular formula is C11H17BN2O. The van der Waals surface area contributed by atoms with Crippen LogP contribution in [0.5, 0.6) is 0 Å².